The first kappa shape index (κ1) is 16.8. The van der Waals surface area contributed by atoms with E-state index in [1.54, 1.807) is 0 Å². The van der Waals surface area contributed by atoms with Gasteiger partial charge >= 0.3 is 0 Å². The zero-order valence-electron chi connectivity index (χ0n) is 12.7. The van der Waals surface area contributed by atoms with Crippen LogP contribution >= 0.6 is 34.2 Å². The summed E-state index contributed by atoms with van der Waals surface area (Å²) in [5.41, 5.74) is 3.31. The molecule has 3 nitrogen and oxygen atoms in total. The molecule has 1 atom stereocenters. The third kappa shape index (κ3) is 3.99. The first-order valence-corrected chi connectivity index (χ1v) is 8.73. The van der Waals surface area contributed by atoms with Crippen molar-refractivity contribution in [1.82, 2.24) is 15.1 Å². The Bertz CT molecular complexity index is 592. The highest BCUT2D eigenvalue weighted by Gasteiger charge is 2.18. The molecule has 5 heteroatoms. The molecule has 0 bridgehead atoms. The summed E-state index contributed by atoms with van der Waals surface area (Å²) in [5, 5.41) is 8.85. The summed E-state index contributed by atoms with van der Waals surface area (Å²) >= 11 is 8.77. The van der Waals surface area contributed by atoms with E-state index in [9.17, 15) is 0 Å². The van der Waals surface area contributed by atoms with Crippen LogP contribution in [0.15, 0.2) is 24.3 Å². The van der Waals surface area contributed by atoms with E-state index in [-0.39, 0.29) is 6.04 Å². The standard InChI is InChI=1S/C16H21ClIN3/c1-4-19-14(12-6-8-13(18)9-7-12)10-15-16(17)11(3)20-21(15)5-2/h6-9,14,19H,4-5,10H2,1-3H3. The van der Waals surface area contributed by atoms with Crippen LogP contribution in [0, 0.1) is 10.5 Å². The summed E-state index contributed by atoms with van der Waals surface area (Å²) in [4.78, 5) is 0. The van der Waals surface area contributed by atoms with Crippen LogP contribution in [0.2, 0.25) is 5.02 Å². The lowest BCUT2D eigenvalue weighted by Crippen LogP contribution is -2.24. The van der Waals surface area contributed by atoms with Gasteiger partial charge in [0.05, 0.1) is 16.4 Å². The van der Waals surface area contributed by atoms with E-state index in [0.717, 1.165) is 35.9 Å². The van der Waals surface area contributed by atoms with Crippen molar-refractivity contribution in [1.29, 1.82) is 0 Å². The highest BCUT2D eigenvalue weighted by molar-refractivity contribution is 14.1. The van der Waals surface area contributed by atoms with Crippen molar-refractivity contribution >= 4 is 34.2 Å². The normalized spacial score (nSPS) is 12.6. The molecule has 0 aliphatic rings. The Labute approximate surface area is 145 Å². The number of nitrogens with zero attached hydrogens (tertiary/aromatic N) is 2. The van der Waals surface area contributed by atoms with Crippen molar-refractivity contribution in [2.24, 2.45) is 0 Å². The maximum atomic E-state index is 6.44. The van der Waals surface area contributed by atoms with Crippen molar-refractivity contribution in [3.63, 3.8) is 0 Å². The van der Waals surface area contributed by atoms with Crippen molar-refractivity contribution in [3.8, 4) is 0 Å². The van der Waals surface area contributed by atoms with E-state index in [2.05, 4.69) is 71.1 Å². The summed E-state index contributed by atoms with van der Waals surface area (Å²) < 4.78 is 3.26. The van der Waals surface area contributed by atoms with Gasteiger partial charge in [-0.15, -0.1) is 0 Å². The fourth-order valence-electron chi connectivity index (χ4n) is 2.51. The molecule has 1 heterocycles. The molecule has 1 aromatic carbocycles. The molecule has 114 valence electrons. The minimum Gasteiger partial charge on any atom is -0.310 e. The molecule has 0 radical (unpaired) electrons. The SMILES string of the molecule is CCNC(Cc1c(Cl)c(C)nn1CC)c1ccc(I)cc1. The molecule has 1 aromatic heterocycles. The molecule has 0 fully saturated rings. The lowest BCUT2D eigenvalue weighted by atomic mass is 10.0. The predicted molar refractivity (Wildman–Crippen MR) is 96.9 cm³/mol. The molecular formula is C16H21ClIN3. The molecule has 1 unspecified atom stereocenters. The summed E-state index contributed by atoms with van der Waals surface area (Å²) in [7, 11) is 0. The quantitative estimate of drug-likeness (QED) is 0.708. The number of hydrogen-bond donors (Lipinski definition) is 1. The Hall–Kier alpha value is -0.590. The molecule has 2 rings (SSSR count). The lowest BCUT2D eigenvalue weighted by molar-refractivity contribution is 0.516. The molecule has 0 aliphatic heterocycles. The maximum Gasteiger partial charge on any atom is 0.0847 e. The average Bonchev–Trinajstić information content (AvgIpc) is 2.75. The third-order valence-corrected chi connectivity index (χ3v) is 4.78. The number of halogens is 2. The van der Waals surface area contributed by atoms with E-state index in [0.29, 0.717) is 0 Å². The van der Waals surface area contributed by atoms with Crippen LogP contribution in [-0.2, 0) is 13.0 Å². The largest absolute Gasteiger partial charge is 0.310 e. The fraction of sp³-hybridized carbons (Fsp3) is 0.438. The van der Waals surface area contributed by atoms with Gasteiger partial charge in [-0.3, -0.25) is 4.68 Å². The second-order valence-corrected chi connectivity index (χ2v) is 6.65. The minimum atomic E-state index is 0.255. The topological polar surface area (TPSA) is 29.9 Å². The number of aromatic nitrogens is 2. The van der Waals surface area contributed by atoms with Gasteiger partial charge in [-0.1, -0.05) is 30.7 Å². The van der Waals surface area contributed by atoms with E-state index >= 15 is 0 Å². The van der Waals surface area contributed by atoms with Crippen molar-refractivity contribution in [2.75, 3.05) is 6.54 Å². The van der Waals surface area contributed by atoms with E-state index in [1.807, 2.05) is 11.6 Å². The molecule has 0 aliphatic carbocycles. The third-order valence-electron chi connectivity index (χ3n) is 3.57. The Morgan fingerprint density at radius 2 is 1.95 bits per heavy atom. The van der Waals surface area contributed by atoms with E-state index in [1.165, 1.54) is 9.13 Å². The molecule has 0 saturated heterocycles. The number of aryl methyl sites for hydroxylation is 2. The number of nitrogens with one attached hydrogen (secondary N) is 1. The van der Waals surface area contributed by atoms with Gasteiger partial charge in [-0.2, -0.15) is 5.10 Å². The first-order valence-electron chi connectivity index (χ1n) is 7.27. The Kier molecular flexibility index (Phi) is 6.08. The van der Waals surface area contributed by atoms with E-state index < -0.39 is 0 Å². The van der Waals surface area contributed by atoms with Crippen LogP contribution in [0.5, 0.6) is 0 Å². The van der Waals surface area contributed by atoms with Gasteiger partial charge in [0.2, 0.25) is 0 Å². The van der Waals surface area contributed by atoms with Crippen LogP contribution in [0.1, 0.15) is 36.8 Å². The predicted octanol–water partition coefficient (Wildman–Crippen LogP) is 4.36. The van der Waals surface area contributed by atoms with Crippen LogP contribution in [-0.4, -0.2) is 16.3 Å². The van der Waals surface area contributed by atoms with Crippen LogP contribution < -0.4 is 5.32 Å². The fourth-order valence-corrected chi connectivity index (χ4v) is 3.08. The molecular weight excluding hydrogens is 397 g/mol. The maximum absolute atomic E-state index is 6.44. The molecule has 21 heavy (non-hydrogen) atoms. The zero-order chi connectivity index (χ0) is 15.4. The Morgan fingerprint density at radius 1 is 1.29 bits per heavy atom. The minimum absolute atomic E-state index is 0.255. The average molecular weight is 418 g/mol. The van der Waals surface area contributed by atoms with Gasteiger partial charge in [0, 0.05) is 22.6 Å². The summed E-state index contributed by atoms with van der Waals surface area (Å²) in [6, 6.07) is 8.91. The van der Waals surface area contributed by atoms with E-state index in [4.69, 9.17) is 11.6 Å². The second kappa shape index (κ2) is 7.61. The van der Waals surface area contributed by atoms with Gasteiger partial charge in [-0.25, -0.2) is 0 Å². The lowest BCUT2D eigenvalue weighted by Gasteiger charge is -2.19. The number of benzene rings is 1. The van der Waals surface area contributed by atoms with Crippen molar-refractivity contribution in [2.45, 2.75) is 39.8 Å². The number of rotatable bonds is 6. The first-order chi connectivity index (χ1) is 10.1. The van der Waals surface area contributed by atoms with Crippen LogP contribution in [0.25, 0.3) is 0 Å². The van der Waals surface area contributed by atoms with Gasteiger partial charge in [-0.05, 0) is 60.7 Å². The van der Waals surface area contributed by atoms with Crippen molar-refractivity contribution in [3.05, 3.63) is 49.8 Å². The summed E-state index contributed by atoms with van der Waals surface area (Å²) in [6.07, 6.45) is 0.849. The monoisotopic (exact) mass is 417 g/mol. The number of likely N-dealkylation sites (N-methyl/N-ethyl adjacent to an activating group) is 1. The smallest absolute Gasteiger partial charge is 0.0847 e. The van der Waals surface area contributed by atoms with Gasteiger partial charge < -0.3 is 5.32 Å². The number of hydrogen-bond acceptors (Lipinski definition) is 2. The Balaban J connectivity index is 2.30. The van der Waals surface area contributed by atoms with Crippen LogP contribution in [0.4, 0.5) is 0 Å². The molecule has 1 N–H and O–H groups in total. The van der Waals surface area contributed by atoms with Gasteiger partial charge in [0.15, 0.2) is 0 Å². The molecule has 2 aromatic rings. The van der Waals surface area contributed by atoms with Crippen molar-refractivity contribution < 1.29 is 0 Å². The Morgan fingerprint density at radius 3 is 2.52 bits per heavy atom. The van der Waals surface area contributed by atoms with Gasteiger partial charge in [0.1, 0.15) is 0 Å². The molecule has 0 spiro atoms. The highest BCUT2D eigenvalue weighted by Crippen LogP contribution is 2.26. The molecule has 0 amide bonds. The van der Waals surface area contributed by atoms with Gasteiger partial charge in [0.25, 0.3) is 0 Å². The summed E-state index contributed by atoms with van der Waals surface area (Å²) in [5.74, 6) is 0. The zero-order valence-corrected chi connectivity index (χ0v) is 15.6. The summed E-state index contributed by atoms with van der Waals surface area (Å²) in [6.45, 7) is 7.95. The van der Waals surface area contributed by atoms with Crippen LogP contribution in [0.3, 0.4) is 0 Å². The highest BCUT2D eigenvalue weighted by atomic mass is 127. The molecule has 0 saturated carbocycles. The second-order valence-electron chi connectivity index (χ2n) is 5.03.